The van der Waals surface area contributed by atoms with E-state index in [1.165, 1.54) is 18.6 Å². The lowest BCUT2D eigenvalue weighted by molar-refractivity contribution is 0.598. The Hall–Kier alpha value is -1.60. The molecule has 4 N–H and O–H groups in total. The molecule has 7 heteroatoms. The van der Waals surface area contributed by atoms with Gasteiger partial charge in [0.05, 0.1) is 4.90 Å². The molecule has 2 unspecified atom stereocenters. The number of hydrogen-bond acceptors (Lipinski definition) is 3. The summed E-state index contributed by atoms with van der Waals surface area (Å²) in [4.78, 5) is 4.32. The van der Waals surface area contributed by atoms with Crippen LogP contribution in [0.1, 0.15) is 18.9 Å². The number of rotatable bonds is 5. The number of primary sulfonamides is 1. The zero-order valence-corrected chi connectivity index (χ0v) is 13.2. The van der Waals surface area contributed by atoms with Gasteiger partial charge < -0.3 is 10.6 Å². The van der Waals surface area contributed by atoms with E-state index in [0.717, 1.165) is 24.5 Å². The summed E-state index contributed by atoms with van der Waals surface area (Å²) in [6.07, 6.45) is 1.97. The molecule has 0 bridgehead atoms. The van der Waals surface area contributed by atoms with Gasteiger partial charge in [-0.3, -0.25) is 4.99 Å². The smallest absolute Gasteiger partial charge is 0.238 e. The Kier molecular flexibility index (Phi) is 4.84. The van der Waals surface area contributed by atoms with Crippen molar-refractivity contribution >= 4 is 16.0 Å². The summed E-state index contributed by atoms with van der Waals surface area (Å²) >= 11 is 0. The second kappa shape index (κ2) is 6.44. The minimum Gasteiger partial charge on any atom is -0.356 e. The number of aliphatic imine (C=N–C) groups is 1. The fraction of sp³-hybridized carbons (Fsp3) is 0.500. The molecular formula is C14H22N4O2S. The van der Waals surface area contributed by atoms with Crippen molar-refractivity contribution in [1.82, 2.24) is 10.6 Å². The van der Waals surface area contributed by atoms with Gasteiger partial charge in [0, 0.05) is 19.6 Å². The summed E-state index contributed by atoms with van der Waals surface area (Å²) in [7, 11) is -1.86. The SMILES string of the molecule is CN=C(NCCc1ccc(S(N)(=O)=O)cc1)NC1CC1C. The predicted molar refractivity (Wildman–Crippen MR) is 83.6 cm³/mol. The summed E-state index contributed by atoms with van der Waals surface area (Å²) in [5, 5.41) is 11.7. The highest BCUT2D eigenvalue weighted by Crippen LogP contribution is 2.28. The molecule has 0 heterocycles. The quantitative estimate of drug-likeness (QED) is 0.543. The van der Waals surface area contributed by atoms with E-state index in [1.807, 2.05) is 0 Å². The van der Waals surface area contributed by atoms with Crippen molar-refractivity contribution in [3.8, 4) is 0 Å². The van der Waals surface area contributed by atoms with Gasteiger partial charge in [-0.2, -0.15) is 0 Å². The first-order valence-corrected chi connectivity index (χ1v) is 8.53. The molecular weight excluding hydrogens is 288 g/mol. The van der Waals surface area contributed by atoms with Crippen molar-refractivity contribution in [3.05, 3.63) is 29.8 Å². The number of nitrogens with zero attached hydrogens (tertiary/aromatic N) is 1. The largest absolute Gasteiger partial charge is 0.356 e. The average Bonchev–Trinajstić information content (AvgIpc) is 3.12. The fourth-order valence-electron chi connectivity index (χ4n) is 2.06. The van der Waals surface area contributed by atoms with Crippen molar-refractivity contribution in [3.63, 3.8) is 0 Å². The first-order chi connectivity index (χ1) is 9.90. The Bertz CT molecular complexity index is 610. The summed E-state index contributed by atoms with van der Waals surface area (Å²) in [6.45, 7) is 2.94. The van der Waals surface area contributed by atoms with Crippen LogP contribution in [0.15, 0.2) is 34.2 Å². The van der Waals surface area contributed by atoms with E-state index in [9.17, 15) is 8.42 Å². The first kappa shape index (κ1) is 15.8. The van der Waals surface area contributed by atoms with Crippen LogP contribution in [0.2, 0.25) is 0 Å². The summed E-state index contributed by atoms with van der Waals surface area (Å²) in [5.74, 6) is 1.53. The lowest BCUT2D eigenvalue weighted by Crippen LogP contribution is -2.39. The molecule has 1 aromatic rings. The molecule has 1 aromatic carbocycles. The monoisotopic (exact) mass is 310 g/mol. The molecule has 6 nitrogen and oxygen atoms in total. The lowest BCUT2D eigenvalue weighted by Gasteiger charge is -2.11. The molecule has 1 aliphatic rings. The maximum absolute atomic E-state index is 11.2. The molecule has 0 aliphatic heterocycles. The zero-order valence-electron chi connectivity index (χ0n) is 12.3. The molecule has 0 amide bonds. The van der Waals surface area contributed by atoms with Crippen molar-refractivity contribution in [2.45, 2.75) is 30.7 Å². The molecule has 116 valence electrons. The molecule has 1 fully saturated rings. The minimum absolute atomic E-state index is 0.138. The number of hydrogen-bond donors (Lipinski definition) is 3. The van der Waals surface area contributed by atoms with Crippen LogP contribution in [-0.2, 0) is 16.4 Å². The van der Waals surface area contributed by atoms with E-state index in [1.54, 1.807) is 19.2 Å². The summed E-state index contributed by atoms with van der Waals surface area (Å²) in [6, 6.07) is 7.15. The van der Waals surface area contributed by atoms with E-state index < -0.39 is 10.0 Å². The zero-order chi connectivity index (χ0) is 15.5. The maximum Gasteiger partial charge on any atom is 0.238 e. The molecule has 0 spiro atoms. The average molecular weight is 310 g/mol. The highest BCUT2D eigenvalue weighted by Gasteiger charge is 2.33. The molecule has 1 aliphatic carbocycles. The third kappa shape index (κ3) is 4.71. The Labute approximate surface area is 125 Å². The molecule has 1 saturated carbocycles. The topological polar surface area (TPSA) is 96.6 Å². The summed E-state index contributed by atoms with van der Waals surface area (Å²) < 4.78 is 22.3. The van der Waals surface area contributed by atoms with E-state index in [-0.39, 0.29) is 4.90 Å². The van der Waals surface area contributed by atoms with Crippen LogP contribution in [0, 0.1) is 5.92 Å². The standard InChI is InChI=1S/C14H22N4O2S/c1-10-9-13(10)18-14(16-2)17-8-7-11-3-5-12(6-4-11)21(15,19)20/h3-6,10,13H,7-9H2,1-2H3,(H2,15,19,20)(H2,16,17,18). The van der Waals surface area contributed by atoms with Gasteiger partial charge in [-0.05, 0) is 36.5 Å². The van der Waals surface area contributed by atoms with Crippen molar-refractivity contribution < 1.29 is 8.42 Å². The second-order valence-electron chi connectivity index (χ2n) is 5.40. The first-order valence-electron chi connectivity index (χ1n) is 6.99. The predicted octanol–water partition coefficient (Wildman–Crippen LogP) is 0.450. The molecule has 21 heavy (non-hydrogen) atoms. The number of guanidine groups is 1. The maximum atomic E-state index is 11.2. The van der Waals surface area contributed by atoms with E-state index in [2.05, 4.69) is 22.5 Å². The van der Waals surface area contributed by atoms with Crippen LogP contribution in [0.4, 0.5) is 0 Å². The molecule has 2 rings (SSSR count). The minimum atomic E-state index is -3.61. The van der Waals surface area contributed by atoms with Crippen LogP contribution in [-0.4, -0.2) is 34.0 Å². The Morgan fingerprint density at radius 2 is 2.00 bits per heavy atom. The Balaban J connectivity index is 1.80. The van der Waals surface area contributed by atoms with E-state index in [0.29, 0.717) is 12.0 Å². The van der Waals surface area contributed by atoms with Gasteiger partial charge in [-0.15, -0.1) is 0 Å². The van der Waals surface area contributed by atoms with E-state index >= 15 is 0 Å². The van der Waals surface area contributed by atoms with Crippen LogP contribution in [0.25, 0.3) is 0 Å². The normalized spacial score (nSPS) is 22.0. The lowest BCUT2D eigenvalue weighted by atomic mass is 10.1. The highest BCUT2D eigenvalue weighted by atomic mass is 32.2. The van der Waals surface area contributed by atoms with Crippen LogP contribution >= 0.6 is 0 Å². The van der Waals surface area contributed by atoms with Gasteiger partial charge in [0.15, 0.2) is 5.96 Å². The van der Waals surface area contributed by atoms with Crippen LogP contribution in [0.5, 0.6) is 0 Å². The van der Waals surface area contributed by atoms with Crippen molar-refractivity contribution in [2.24, 2.45) is 16.0 Å². The Morgan fingerprint density at radius 1 is 1.38 bits per heavy atom. The number of sulfonamides is 1. The van der Waals surface area contributed by atoms with Gasteiger partial charge in [0.2, 0.25) is 10.0 Å². The second-order valence-corrected chi connectivity index (χ2v) is 6.96. The molecule has 0 aromatic heterocycles. The van der Waals surface area contributed by atoms with Gasteiger partial charge >= 0.3 is 0 Å². The molecule has 0 radical (unpaired) electrons. The van der Waals surface area contributed by atoms with Gasteiger partial charge in [0.1, 0.15) is 0 Å². The summed E-state index contributed by atoms with van der Waals surface area (Å²) in [5.41, 5.74) is 1.05. The number of benzene rings is 1. The van der Waals surface area contributed by atoms with Crippen molar-refractivity contribution in [1.29, 1.82) is 0 Å². The van der Waals surface area contributed by atoms with Crippen molar-refractivity contribution in [2.75, 3.05) is 13.6 Å². The third-order valence-corrected chi connectivity index (χ3v) is 4.54. The number of nitrogens with one attached hydrogen (secondary N) is 2. The highest BCUT2D eigenvalue weighted by molar-refractivity contribution is 7.89. The van der Waals surface area contributed by atoms with Gasteiger partial charge in [-0.25, -0.2) is 13.6 Å². The Morgan fingerprint density at radius 3 is 2.48 bits per heavy atom. The van der Waals surface area contributed by atoms with Gasteiger partial charge in [0.25, 0.3) is 0 Å². The van der Waals surface area contributed by atoms with Crippen LogP contribution < -0.4 is 15.8 Å². The van der Waals surface area contributed by atoms with Gasteiger partial charge in [-0.1, -0.05) is 19.1 Å². The fourth-order valence-corrected chi connectivity index (χ4v) is 2.58. The molecule has 2 atom stereocenters. The third-order valence-electron chi connectivity index (χ3n) is 3.61. The van der Waals surface area contributed by atoms with Crippen LogP contribution in [0.3, 0.4) is 0 Å². The molecule has 0 saturated heterocycles. The van der Waals surface area contributed by atoms with E-state index in [4.69, 9.17) is 5.14 Å². The number of nitrogens with two attached hydrogens (primary N) is 1.